The fourth-order valence-electron chi connectivity index (χ4n) is 7.83. The van der Waals surface area contributed by atoms with Gasteiger partial charge in [-0.2, -0.15) is 14.4 Å². The van der Waals surface area contributed by atoms with Crippen molar-refractivity contribution in [1.82, 2.24) is 24.6 Å². The summed E-state index contributed by atoms with van der Waals surface area (Å²) in [6.07, 6.45) is 19.4. The van der Waals surface area contributed by atoms with E-state index in [1.165, 1.54) is 94.9 Å². The number of aromatic nitrogens is 4. The van der Waals surface area contributed by atoms with Crippen molar-refractivity contribution in [3.63, 3.8) is 0 Å². The van der Waals surface area contributed by atoms with Crippen molar-refractivity contribution in [3.05, 3.63) is 48.3 Å². The van der Waals surface area contributed by atoms with Crippen LogP contribution in [0.5, 0.6) is 0 Å². The largest absolute Gasteiger partial charge is 0.465 e. The first-order chi connectivity index (χ1) is 30.9. The van der Waals surface area contributed by atoms with Crippen LogP contribution in [0.3, 0.4) is 0 Å². The van der Waals surface area contributed by atoms with Gasteiger partial charge in [0, 0.05) is 6.42 Å². The van der Waals surface area contributed by atoms with Gasteiger partial charge >= 0.3 is 25.8 Å². The monoisotopic (exact) mass is 919 g/mol. The van der Waals surface area contributed by atoms with Gasteiger partial charge in [-0.15, -0.1) is 0 Å². The minimum absolute atomic E-state index is 0.000954. The molecule has 0 saturated carbocycles. The zero-order valence-electron chi connectivity index (χ0n) is 38.9. The SMILES string of the molecule is CCCCCCCCCCCCOC(=O)[C@H](Cc1ccccc1)NP(=O)(OC[C@@]1(C)O[C@@H](n2cnc3c(N)nc(F)nc32)C[C@@H]1O)O[C@@H](C)C(=O)OCCCCCCCCCCCC. The molecular weight excluding hydrogens is 843 g/mol. The molecule has 64 heavy (non-hydrogen) atoms. The summed E-state index contributed by atoms with van der Waals surface area (Å²) >= 11 is 0. The van der Waals surface area contributed by atoms with E-state index in [0.717, 1.165) is 44.1 Å². The van der Waals surface area contributed by atoms with Gasteiger partial charge in [-0.05, 0) is 38.7 Å². The highest BCUT2D eigenvalue weighted by atomic mass is 31.2. The topological polar surface area (TPSA) is 199 Å². The second-order valence-electron chi connectivity index (χ2n) is 17.4. The first-order valence-electron chi connectivity index (χ1n) is 24.0. The van der Waals surface area contributed by atoms with Gasteiger partial charge in [0.1, 0.15) is 17.9 Å². The molecule has 3 aromatic rings. The summed E-state index contributed by atoms with van der Waals surface area (Å²) in [6, 6.07) is 7.96. The Morgan fingerprint density at radius 1 is 0.875 bits per heavy atom. The predicted octanol–water partition coefficient (Wildman–Crippen LogP) is 10.2. The fourth-order valence-corrected chi connectivity index (χ4v) is 9.53. The maximum absolute atomic E-state index is 14.9. The lowest BCUT2D eigenvalue weighted by atomic mass is 10.0. The van der Waals surface area contributed by atoms with Crippen molar-refractivity contribution < 1.29 is 46.9 Å². The Hall–Kier alpha value is -3.53. The molecule has 0 aliphatic carbocycles. The van der Waals surface area contributed by atoms with E-state index in [4.69, 9.17) is 29.0 Å². The van der Waals surface area contributed by atoms with E-state index in [1.807, 2.05) is 30.3 Å². The molecule has 3 heterocycles. The third-order valence-electron chi connectivity index (χ3n) is 11.8. The molecule has 1 fully saturated rings. The Bertz CT molecular complexity index is 1860. The standard InChI is InChI=1S/C47H76FN6O9P/c1-5-7-9-11-13-15-17-19-21-26-30-59-44(56)36(3)63-64(58,61-34-47(4)39(55)33-40(62-47)54-35-50-41-42(49)51-46(48)52-43(41)54)53-38(32-37-28-24-23-25-29-37)45(57)60-31-27-22-20-18-16-14-12-10-8-6-2/h23-25,28-29,35-36,38-40,55H,5-22,26-27,30-34H2,1-4H3,(H,53,58)(H2,49,51,52)/t36-,38-,39-,40+,47+,64?/m0/s1. The average Bonchev–Trinajstić information content (AvgIpc) is 3.83. The Labute approximate surface area is 380 Å². The first-order valence-corrected chi connectivity index (χ1v) is 25.5. The second kappa shape index (κ2) is 28.5. The molecule has 1 unspecified atom stereocenters. The Morgan fingerprint density at radius 3 is 1.97 bits per heavy atom. The van der Waals surface area contributed by atoms with E-state index in [2.05, 4.69) is 33.9 Å². The van der Waals surface area contributed by atoms with Crippen molar-refractivity contribution in [3.8, 4) is 0 Å². The van der Waals surface area contributed by atoms with Gasteiger partial charge in [0.25, 0.3) is 0 Å². The highest BCUT2D eigenvalue weighted by Gasteiger charge is 2.48. The highest BCUT2D eigenvalue weighted by molar-refractivity contribution is 7.51. The van der Waals surface area contributed by atoms with Crippen molar-refractivity contribution >= 4 is 36.7 Å². The number of carbonyl (C=O) groups is 2. The number of nitrogen functional groups attached to an aromatic ring is 1. The number of esters is 2. The van der Waals surface area contributed by atoms with Crippen molar-refractivity contribution in [2.45, 2.75) is 199 Å². The van der Waals surface area contributed by atoms with Crippen LogP contribution in [-0.4, -0.2) is 80.2 Å². The molecule has 4 rings (SSSR count). The lowest BCUT2D eigenvalue weighted by molar-refractivity contribution is -0.152. The predicted molar refractivity (Wildman–Crippen MR) is 246 cm³/mol. The number of hydrogen-bond acceptors (Lipinski definition) is 13. The van der Waals surface area contributed by atoms with Crippen LogP contribution in [0.4, 0.5) is 10.2 Å². The number of halogens is 1. The Kier molecular flexibility index (Phi) is 23.6. The van der Waals surface area contributed by atoms with Crippen LogP contribution in [0.1, 0.15) is 174 Å². The molecule has 0 amide bonds. The Morgan fingerprint density at radius 2 is 1.41 bits per heavy atom. The molecule has 1 aliphatic heterocycles. The van der Waals surface area contributed by atoms with Gasteiger partial charge in [0.05, 0.1) is 32.3 Å². The molecule has 15 nitrogen and oxygen atoms in total. The molecule has 4 N–H and O–H groups in total. The first kappa shape index (κ1) is 53.1. The zero-order chi connectivity index (χ0) is 46.2. The van der Waals surface area contributed by atoms with Gasteiger partial charge in [-0.1, -0.05) is 160 Å². The molecule has 1 aliphatic rings. The van der Waals surface area contributed by atoms with Crippen LogP contribution in [0, 0.1) is 6.08 Å². The molecule has 360 valence electrons. The van der Waals surface area contributed by atoms with Crippen LogP contribution in [0.2, 0.25) is 0 Å². The molecule has 17 heteroatoms. The number of imidazole rings is 1. The normalized spacial score (nSPS) is 19.4. The number of rotatable bonds is 34. The second-order valence-corrected chi connectivity index (χ2v) is 19.1. The number of aliphatic hydroxyl groups excluding tert-OH is 1. The van der Waals surface area contributed by atoms with Gasteiger partial charge in [0.2, 0.25) is 0 Å². The molecule has 1 aromatic carbocycles. The zero-order valence-corrected chi connectivity index (χ0v) is 39.8. The highest BCUT2D eigenvalue weighted by Crippen LogP contribution is 2.49. The lowest BCUT2D eigenvalue weighted by Crippen LogP contribution is -2.43. The minimum atomic E-state index is -4.61. The smallest absolute Gasteiger partial charge is 0.407 e. The summed E-state index contributed by atoms with van der Waals surface area (Å²) in [5.41, 5.74) is 5.33. The van der Waals surface area contributed by atoms with E-state index in [0.29, 0.717) is 12.8 Å². The molecule has 0 spiro atoms. The molecule has 2 aromatic heterocycles. The van der Waals surface area contributed by atoms with E-state index >= 15 is 0 Å². The number of aliphatic hydroxyl groups is 1. The number of benzene rings is 1. The third kappa shape index (κ3) is 18.0. The van der Waals surface area contributed by atoms with E-state index < -0.39 is 62.4 Å². The summed E-state index contributed by atoms with van der Waals surface area (Å²) < 4.78 is 60.0. The number of unbranched alkanes of at least 4 members (excludes halogenated alkanes) is 18. The van der Waals surface area contributed by atoms with E-state index in [1.54, 1.807) is 6.92 Å². The molecule has 0 radical (unpaired) electrons. The molecule has 0 bridgehead atoms. The molecular formula is C47H76FN6O9P. The lowest BCUT2D eigenvalue weighted by Gasteiger charge is -2.31. The summed E-state index contributed by atoms with van der Waals surface area (Å²) in [4.78, 5) is 38.6. The number of hydrogen-bond donors (Lipinski definition) is 3. The van der Waals surface area contributed by atoms with Crippen molar-refractivity contribution in [2.24, 2.45) is 0 Å². The summed E-state index contributed by atoms with van der Waals surface area (Å²) in [7, 11) is -4.61. The van der Waals surface area contributed by atoms with Gasteiger partial charge < -0.3 is 25.1 Å². The number of nitrogens with zero attached hydrogens (tertiary/aromatic N) is 4. The van der Waals surface area contributed by atoms with Gasteiger partial charge in [-0.25, -0.2) is 19.4 Å². The maximum Gasteiger partial charge on any atom is 0.407 e. The van der Waals surface area contributed by atoms with Crippen LogP contribution in [0.25, 0.3) is 11.2 Å². The third-order valence-corrected chi connectivity index (χ3v) is 13.5. The van der Waals surface area contributed by atoms with E-state index in [-0.39, 0.29) is 43.0 Å². The van der Waals surface area contributed by atoms with Crippen molar-refractivity contribution in [1.29, 1.82) is 0 Å². The number of ether oxygens (including phenoxy) is 3. The van der Waals surface area contributed by atoms with Crippen LogP contribution >= 0.6 is 7.75 Å². The minimum Gasteiger partial charge on any atom is -0.465 e. The molecule has 6 atom stereocenters. The number of carbonyl (C=O) groups excluding carboxylic acids is 2. The number of fused-ring (bicyclic) bond motifs is 1. The number of nitrogens with one attached hydrogen (secondary N) is 1. The number of nitrogens with two attached hydrogens (primary N) is 1. The number of anilines is 1. The van der Waals surface area contributed by atoms with Crippen LogP contribution in [-0.2, 0) is 43.8 Å². The van der Waals surface area contributed by atoms with Crippen LogP contribution < -0.4 is 10.8 Å². The van der Waals surface area contributed by atoms with Gasteiger partial charge in [-0.3, -0.25) is 18.4 Å². The van der Waals surface area contributed by atoms with Gasteiger partial charge in [0.15, 0.2) is 23.1 Å². The summed E-state index contributed by atoms with van der Waals surface area (Å²) in [5.74, 6) is -1.56. The summed E-state index contributed by atoms with van der Waals surface area (Å²) in [6.45, 7) is 7.22. The average molecular weight is 919 g/mol. The van der Waals surface area contributed by atoms with Crippen molar-refractivity contribution in [2.75, 3.05) is 25.6 Å². The van der Waals surface area contributed by atoms with E-state index in [9.17, 15) is 23.7 Å². The Balaban J connectivity index is 1.42. The molecule has 1 saturated heterocycles. The quantitative estimate of drug-likeness (QED) is 0.0221. The summed E-state index contributed by atoms with van der Waals surface area (Å²) in [5, 5.41) is 14.1. The fraction of sp³-hybridized carbons (Fsp3) is 0.723. The maximum atomic E-state index is 14.9. The van der Waals surface area contributed by atoms with Crippen LogP contribution in [0.15, 0.2) is 36.7 Å².